The third-order valence-corrected chi connectivity index (χ3v) is 5.22. The molecule has 178 valence electrons. The quantitative estimate of drug-likeness (QED) is 0.202. The predicted molar refractivity (Wildman–Crippen MR) is 126 cm³/mol. The van der Waals surface area contributed by atoms with Crippen LogP contribution in [0.2, 0.25) is 0 Å². The number of nitro benzene ring substituents is 1. The molecule has 34 heavy (non-hydrogen) atoms. The number of aliphatic imine (C=N–C) groups is 1. The lowest BCUT2D eigenvalue weighted by atomic mass is 10.1. The largest absolute Gasteiger partial charge is 0.490 e. The number of carbonyl (C=O) groups is 2. The number of carbonyl (C=O) groups excluding carboxylic acids is 2. The summed E-state index contributed by atoms with van der Waals surface area (Å²) in [6.07, 6.45) is 1.49. The summed E-state index contributed by atoms with van der Waals surface area (Å²) in [4.78, 5) is 39.0. The van der Waals surface area contributed by atoms with Crippen molar-refractivity contribution >= 4 is 45.5 Å². The molecule has 0 amide bonds. The fraction of sp³-hybridized carbons (Fsp3) is 0.261. The van der Waals surface area contributed by atoms with Crippen LogP contribution in [0.4, 0.5) is 5.69 Å². The molecule has 0 bridgehead atoms. The summed E-state index contributed by atoms with van der Waals surface area (Å²) < 4.78 is 21.8. The number of hydrogen-bond acceptors (Lipinski definition) is 9. The number of ether oxygens (including phenoxy) is 4. The van der Waals surface area contributed by atoms with E-state index >= 15 is 0 Å². The molecule has 0 atom stereocenters. The minimum Gasteiger partial charge on any atom is -0.490 e. The molecule has 0 saturated carbocycles. The molecular formula is C23H21BrN2O8. The monoisotopic (exact) mass is 532 g/mol. The topological polar surface area (TPSA) is 127 Å². The summed E-state index contributed by atoms with van der Waals surface area (Å²) in [6, 6.07) is 7.75. The van der Waals surface area contributed by atoms with Crippen LogP contribution in [0.25, 0.3) is 6.08 Å². The number of nitro groups is 1. The first kappa shape index (κ1) is 24.9. The lowest BCUT2D eigenvalue weighted by molar-refractivity contribution is -0.385. The molecule has 1 aliphatic heterocycles. The first-order chi connectivity index (χ1) is 16.2. The van der Waals surface area contributed by atoms with Gasteiger partial charge in [-0.25, -0.2) is 14.6 Å². The minimum absolute atomic E-state index is 0.00967. The summed E-state index contributed by atoms with van der Waals surface area (Å²) in [7, 11) is 0. The van der Waals surface area contributed by atoms with Gasteiger partial charge in [-0.2, -0.15) is 0 Å². The summed E-state index contributed by atoms with van der Waals surface area (Å²) in [5, 5.41) is 11.2. The molecule has 1 heterocycles. The molecule has 0 fully saturated rings. The molecule has 0 aromatic heterocycles. The second-order valence-corrected chi connectivity index (χ2v) is 7.75. The first-order valence-electron chi connectivity index (χ1n) is 10.3. The van der Waals surface area contributed by atoms with E-state index in [1.807, 2.05) is 0 Å². The van der Waals surface area contributed by atoms with Crippen molar-refractivity contribution in [3.05, 3.63) is 67.3 Å². The van der Waals surface area contributed by atoms with Crippen LogP contribution in [0, 0.1) is 17.0 Å². The van der Waals surface area contributed by atoms with E-state index in [1.54, 1.807) is 39.0 Å². The Balaban J connectivity index is 1.94. The average Bonchev–Trinajstić information content (AvgIpc) is 3.13. The van der Waals surface area contributed by atoms with Gasteiger partial charge >= 0.3 is 11.9 Å². The Hall–Kier alpha value is -3.73. The van der Waals surface area contributed by atoms with E-state index in [0.29, 0.717) is 39.3 Å². The van der Waals surface area contributed by atoms with Crippen LogP contribution >= 0.6 is 15.9 Å². The van der Waals surface area contributed by atoms with E-state index in [4.69, 9.17) is 18.9 Å². The van der Waals surface area contributed by atoms with Gasteiger partial charge in [0.2, 0.25) is 5.90 Å². The number of hydrogen-bond donors (Lipinski definition) is 0. The summed E-state index contributed by atoms with van der Waals surface area (Å²) >= 11 is 3.40. The van der Waals surface area contributed by atoms with Gasteiger partial charge in [0, 0.05) is 17.2 Å². The molecular weight excluding hydrogens is 512 g/mol. The van der Waals surface area contributed by atoms with Crippen molar-refractivity contribution < 1.29 is 33.5 Å². The van der Waals surface area contributed by atoms with Crippen LogP contribution < -0.4 is 9.47 Å². The second-order valence-electron chi connectivity index (χ2n) is 6.90. The normalized spacial score (nSPS) is 13.9. The number of esters is 2. The Morgan fingerprint density at radius 2 is 2.00 bits per heavy atom. The number of halogens is 1. The second kappa shape index (κ2) is 10.9. The van der Waals surface area contributed by atoms with Crippen molar-refractivity contribution in [2.24, 2.45) is 4.99 Å². The maximum absolute atomic E-state index is 12.4. The van der Waals surface area contributed by atoms with Crippen LogP contribution in [0.5, 0.6) is 11.5 Å². The highest BCUT2D eigenvalue weighted by molar-refractivity contribution is 9.10. The number of benzene rings is 2. The van der Waals surface area contributed by atoms with Gasteiger partial charge in [-0.3, -0.25) is 10.1 Å². The molecule has 0 spiro atoms. The third-order valence-electron chi connectivity index (χ3n) is 4.63. The fourth-order valence-electron chi connectivity index (χ4n) is 3.14. The van der Waals surface area contributed by atoms with Gasteiger partial charge < -0.3 is 18.9 Å². The molecule has 2 aromatic carbocycles. The van der Waals surface area contributed by atoms with Crippen molar-refractivity contribution in [1.82, 2.24) is 0 Å². The van der Waals surface area contributed by atoms with Gasteiger partial charge in [0.1, 0.15) is 0 Å². The van der Waals surface area contributed by atoms with E-state index in [2.05, 4.69) is 20.9 Å². The Bertz CT molecular complexity index is 1210. The van der Waals surface area contributed by atoms with Crippen molar-refractivity contribution in [2.45, 2.75) is 20.8 Å². The molecule has 0 radical (unpaired) electrons. The number of rotatable bonds is 9. The van der Waals surface area contributed by atoms with Crippen molar-refractivity contribution in [2.75, 3.05) is 19.8 Å². The van der Waals surface area contributed by atoms with Gasteiger partial charge in [0.15, 0.2) is 23.8 Å². The van der Waals surface area contributed by atoms with Crippen molar-refractivity contribution in [1.29, 1.82) is 0 Å². The van der Waals surface area contributed by atoms with Gasteiger partial charge in [0.05, 0.1) is 22.6 Å². The predicted octanol–water partition coefficient (Wildman–Crippen LogP) is 4.35. The number of cyclic esters (lactones) is 1. The number of nitrogens with zero attached hydrogens (tertiary/aromatic N) is 2. The van der Waals surface area contributed by atoms with Crippen LogP contribution in [0.3, 0.4) is 0 Å². The van der Waals surface area contributed by atoms with Crippen molar-refractivity contribution in [3.63, 3.8) is 0 Å². The standard InChI is InChI=1S/C23H21BrN2O8/c1-4-31-19-11-14(9-16(24)21(19)33-12-20(27)32-5-2)10-17-23(28)34-22(25-17)15-7-6-8-18(13(15)3)26(29)30/h6-11H,4-5,12H2,1-3H3/b17-10-. The smallest absolute Gasteiger partial charge is 0.363 e. The highest BCUT2D eigenvalue weighted by atomic mass is 79.9. The third kappa shape index (κ3) is 5.60. The van der Waals surface area contributed by atoms with Crippen LogP contribution in [-0.2, 0) is 19.1 Å². The molecule has 0 saturated heterocycles. The molecule has 3 rings (SSSR count). The van der Waals surface area contributed by atoms with Gasteiger partial charge in [-0.05, 0) is 66.5 Å². The van der Waals surface area contributed by atoms with Crippen LogP contribution in [0.1, 0.15) is 30.5 Å². The zero-order chi connectivity index (χ0) is 24.8. The van der Waals surface area contributed by atoms with Gasteiger partial charge in [-0.1, -0.05) is 6.07 Å². The molecule has 10 nitrogen and oxygen atoms in total. The molecule has 2 aromatic rings. The summed E-state index contributed by atoms with van der Waals surface area (Å²) in [5.41, 5.74) is 1.15. The maximum atomic E-state index is 12.4. The average molecular weight is 533 g/mol. The lowest BCUT2D eigenvalue weighted by Crippen LogP contribution is -2.15. The SMILES string of the molecule is CCOC(=O)COc1c(Br)cc(/C=C2\N=C(c3cccc([N+](=O)[O-])c3C)OC2=O)cc1OCC. The zero-order valence-corrected chi connectivity index (χ0v) is 20.2. The minimum atomic E-state index is -0.697. The van der Waals surface area contributed by atoms with Gasteiger partial charge in [0.25, 0.3) is 5.69 Å². The molecule has 1 aliphatic rings. The van der Waals surface area contributed by atoms with E-state index in [9.17, 15) is 19.7 Å². The Morgan fingerprint density at radius 1 is 1.24 bits per heavy atom. The maximum Gasteiger partial charge on any atom is 0.363 e. The van der Waals surface area contributed by atoms with Gasteiger partial charge in [-0.15, -0.1) is 0 Å². The Kier molecular flexibility index (Phi) is 8.00. The lowest BCUT2D eigenvalue weighted by Gasteiger charge is -2.14. The molecule has 0 aliphatic carbocycles. The zero-order valence-electron chi connectivity index (χ0n) is 18.6. The molecule has 0 N–H and O–H groups in total. The first-order valence-corrected chi connectivity index (χ1v) is 11.1. The van der Waals surface area contributed by atoms with E-state index in [0.717, 1.165) is 0 Å². The fourth-order valence-corrected chi connectivity index (χ4v) is 3.72. The van der Waals surface area contributed by atoms with E-state index in [-0.39, 0.29) is 30.5 Å². The Labute approximate surface area is 203 Å². The van der Waals surface area contributed by atoms with Crippen LogP contribution in [0.15, 0.2) is 45.5 Å². The molecule has 11 heteroatoms. The molecule has 0 unspecified atom stereocenters. The highest BCUT2D eigenvalue weighted by Crippen LogP contribution is 2.38. The highest BCUT2D eigenvalue weighted by Gasteiger charge is 2.27. The Morgan fingerprint density at radius 3 is 2.68 bits per heavy atom. The van der Waals surface area contributed by atoms with E-state index in [1.165, 1.54) is 18.2 Å². The summed E-state index contributed by atoms with van der Waals surface area (Å²) in [6.45, 7) is 5.33. The summed E-state index contributed by atoms with van der Waals surface area (Å²) in [5.74, 6) is -0.579. The van der Waals surface area contributed by atoms with E-state index < -0.39 is 16.9 Å². The van der Waals surface area contributed by atoms with Crippen molar-refractivity contribution in [3.8, 4) is 11.5 Å². The van der Waals surface area contributed by atoms with Crippen LogP contribution in [-0.4, -0.2) is 42.6 Å².